The standard InChI is InChI=1S/C11H11NO4S/c1-2-12-8-10(17(13,14)15)11(16-12)9-6-4-3-5-7-9/h3-8H,2H2,1H3. The van der Waals surface area contributed by atoms with Gasteiger partial charge < -0.3 is 4.55 Å². The summed E-state index contributed by atoms with van der Waals surface area (Å²) in [5.41, 5.74) is 0.564. The molecule has 0 aliphatic rings. The third-order valence-electron chi connectivity index (χ3n) is 2.31. The van der Waals surface area contributed by atoms with E-state index in [-0.39, 0.29) is 10.7 Å². The van der Waals surface area contributed by atoms with Gasteiger partial charge in [0.2, 0.25) is 12.0 Å². The Balaban J connectivity index is 2.65. The van der Waals surface area contributed by atoms with Crippen LogP contribution in [0.3, 0.4) is 0 Å². The fourth-order valence-corrected chi connectivity index (χ4v) is 2.13. The van der Waals surface area contributed by atoms with Gasteiger partial charge in [-0.05, 0) is 11.7 Å². The minimum absolute atomic E-state index is 0.0856. The van der Waals surface area contributed by atoms with Crippen molar-refractivity contribution in [2.75, 3.05) is 0 Å². The van der Waals surface area contributed by atoms with Gasteiger partial charge in [-0.25, -0.2) is 12.9 Å². The van der Waals surface area contributed by atoms with E-state index in [9.17, 15) is 13.0 Å². The zero-order valence-electron chi connectivity index (χ0n) is 9.16. The van der Waals surface area contributed by atoms with Crippen LogP contribution in [0, 0.1) is 0 Å². The first-order valence-corrected chi connectivity index (χ1v) is 6.48. The molecule has 0 bridgehead atoms. The lowest BCUT2D eigenvalue weighted by Gasteiger charge is -2.02. The summed E-state index contributed by atoms with van der Waals surface area (Å²) in [6.07, 6.45) is 1.21. The Morgan fingerprint density at radius 1 is 1.29 bits per heavy atom. The number of rotatable bonds is 3. The minimum atomic E-state index is -4.54. The van der Waals surface area contributed by atoms with Gasteiger partial charge in [0, 0.05) is 5.56 Å². The molecule has 0 unspecified atom stereocenters. The molecular weight excluding hydrogens is 242 g/mol. The molecule has 0 amide bonds. The fourth-order valence-electron chi connectivity index (χ4n) is 1.50. The van der Waals surface area contributed by atoms with Crippen LogP contribution < -0.4 is 4.74 Å². The molecule has 17 heavy (non-hydrogen) atoms. The monoisotopic (exact) mass is 253 g/mol. The van der Waals surface area contributed by atoms with Crippen molar-refractivity contribution >= 4 is 10.1 Å². The first kappa shape index (κ1) is 11.8. The van der Waals surface area contributed by atoms with Gasteiger partial charge >= 0.3 is 0 Å². The first-order valence-electron chi connectivity index (χ1n) is 5.07. The molecule has 0 saturated carbocycles. The van der Waals surface area contributed by atoms with Gasteiger partial charge in [0.1, 0.15) is 10.1 Å². The molecule has 0 saturated heterocycles. The summed E-state index contributed by atoms with van der Waals surface area (Å²) in [4.78, 5) is -0.328. The van der Waals surface area contributed by atoms with Crippen molar-refractivity contribution in [2.24, 2.45) is 0 Å². The molecule has 5 nitrogen and oxygen atoms in total. The maximum Gasteiger partial charge on any atom is 0.237 e. The molecule has 1 heterocycles. The zero-order valence-corrected chi connectivity index (χ0v) is 9.98. The number of hydrogen-bond acceptors (Lipinski definition) is 4. The van der Waals surface area contributed by atoms with Crippen molar-refractivity contribution < 1.29 is 22.2 Å². The van der Waals surface area contributed by atoms with E-state index in [0.29, 0.717) is 12.1 Å². The predicted octanol–water partition coefficient (Wildman–Crippen LogP) is 1.16. The molecule has 1 aromatic heterocycles. The van der Waals surface area contributed by atoms with Gasteiger partial charge in [-0.3, -0.25) is 0 Å². The molecule has 0 N–H and O–H groups in total. The van der Waals surface area contributed by atoms with Crippen LogP contribution in [-0.4, -0.2) is 13.0 Å². The third kappa shape index (κ3) is 2.37. The van der Waals surface area contributed by atoms with Crippen molar-refractivity contribution in [1.82, 2.24) is 0 Å². The number of hydrogen-bond donors (Lipinski definition) is 0. The smallest absolute Gasteiger partial charge is 0.237 e. The Morgan fingerprint density at radius 2 is 1.94 bits per heavy atom. The van der Waals surface area contributed by atoms with E-state index in [1.807, 2.05) is 0 Å². The summed E-state index contributed by atoms with van der Waals surface area (Å²) in [5.74, 6) is 0.0856. The molecule has 0 fully saturated rings. The normalized spacial score (nSPS) is 11.6. The Bertz CT molecular complexity index is 616. The fraction of sp³-hybridized carbons (Fsp3) is 0.182. The summed E-state index contributed by atoms with van der Waals surface area (Å²) >= 11 is 0. The van der Waals surface area contributed by atoms with E-state index < -0.39 is 10.1 Å². The Labute approximate surface area is 99.0 Å². The van der Waals surface area contributed by atoms with Crippen LogP contribution in [0.5, 0.6) is 0 Å². The molecule has 0 atom stereocenters. The number of aromatic nitrogens is 1. The highest BCUT2D eigenvalue weighted by Crippen LogP contribution is 2.25. The van der Waals surface area contributed by atoms with Crippen LogP contribution in [-0.2, 0) is 16.7 Å². The Morgan fingerprint density at radius 3 is 2.47 bits per heavy atom. The summed E-state index contributed by atoms with van der Waals surface area (Å²) in [6.45, 7) is 2.24. The van der Waals surface area contributed by atoms with Crippen LogP contribution in [0.4, 0.5) is 0 Å². The van der Waals surface area contributed by atoms with E-state index in [2.05, 4.69) is 0 Å². The first-order chi connectivity index (χ1) is 8.02. The van der Waals surface area contributed by atoms with Gasteiger partial charge in [-0.2, -0.15) is 0 Å². The quantitative estimate of drug-likeness (QED) is 0.607. The zero-order chi connectivity index (χ0) is 12.5. The molecule has 0 spiro atoms. The topological polar surface area (TPSA) is 74.2 Å². The van der Waals surface area contributed by atoms with Crippen LogP contribution in [0.25, 0.3) is 11.3 Å². The highest BCUT2D eigenvalue weighted by Gasteiger charge is 2.23. The maximum absolute atomic E-state index is 11.1. The van der Waals surface area contributed by atoms with Crippen LogP contribution in [0.15, 0.2) is 45.9 Å². The maximum atomic E-state index is 11.1. The lowest BCUT2D eigenvalue weighted by atomic mass is 10.2. The Hall–Kier alpha value is -1.66. The van der Waals surface area contributed by atoms with Gasteiger partial charge in [0.25, 0.3) is 0 Å². The summed E-state index contributed by atoms with van der Waals surface area (Å²) in [6, 6.07) is 8.66. The van der Waals surface area contributed by atoms with E-state index in [0.717, 1.165) is 0 Å². The lowest BCUT2D eigenvalue weighted by molar-refractivity contribution is -0.860. The van der Waals surface area contributed by atoms with Gasteiger partial charge in [-0.15, -0.1) is 0 Å². The van der Waals surface area contributed by atoms with E-state index in [4.69, 9.17) is 4.52 Å². The second-order valence-corrected chi connectivity index (χ2v) is 4.82. The number of benzene rings is 1. The summed E-state index contributed by atoms with van der Waals surface area (Å²) in [5, 5.41) is 0. The Kier molecular flexibility index (Phi) is 2.99. The van der Waals surface area contributed by atoms with Crippen molar-refractivity contribution in [3.63, 3.8) is 0 Å². The third-order valence-corrected chi connectivity index (χ3v) is 3.14. The molecule has 0 aliphatic heterocycles. The lowest BCUT2D eigenvalue weighted by Crippen LogP contribution is -2.28. The van der Waals surface area contributed by atoms with Crippen LogP contribution in [0.1, 0.15) is 6.92 Å². The van der Waals surface area contributed by atoms with Crippen molar-refractivity contribution in [1.29, 1.82) is 0 Å². The van der Waals surface area contributed by atoms with Crippen molar-refractivity contribution in [2.45, 2.75) is 18.4 Å². The largest absolute Gasteiger partial charge is 0.744 e. The molecule has 1 aromatic carbocycles. The number of nitrogens with zero attached hydrogens (tertiary/aromatic N) is 1. The highest BCUT2D eigenvalue weighted by atomic mass is 32.2. The summed E-state index contributed by atoms with van der Waals surface area (Å²) in [7, 11) is -4.54. The second-order valence-electron chi connectivity index (χ2n) is 3.47. The predicted molar refractivity (Wildman–Crippen MR) is 58.0 cm³/mol. The average molecular weight is 253 g/mol. The molecule has 0 aliphatic carbocycles. The summed E-state index contributed by atoms with van der Waals surface area (Å²) < 4.78 is 40.0. The highest BCUT2D eigenvalue weighted by molar-refractivity contribution is 7.85. The van der Waals surface area contributed by atoms with Crippen LogP contribution in [0.2, 0.25) is 0 Å². The minimum Gasteiger partial charge on any atom is -0.744 e. The van der Waals surface area contributed by atoms with E-state index >= 15 is 0 Å². The molecule has 90 valence electrons. The molecule has 2 rings (SSSR count). The SMILES string of the molecule is CC[n+]1cc(S(=O)(=O)[O-])c(-c2ccccc2)o1. The van der Waals surface area contributed by atoms with Crippen molar-refractivity contribution in [3.8, 4) is 11.3 Å². The van der Waals surface area contributed by atoms with E-state index in [1.54, 1.807) is 37.3 Å². The van der Waals surface area contributed by atoms with Gasteiger partial charge in [0.15, 0.2) is 11.4 Å². The van der Waals surface area contributed by atoms with Crippen molar-refractivity contribution in [3.05, 3.63) is 36.5 Å². The molecule has 6 heteroatoms. The molecular formula is C11H11NO4S. The second kappa shape index (κ2) is 4.31. The average Bonchev–Trinajstić information content (AvgIpc) is 2.74. The van der Waals surface area contributed by atoms with E-state index in [1.165, 1.54) is 10.9 Å². The molecule has 0 radical (unpaired) electrons. The number of aryl methyl sites for hydroxylation is 1. The molecule has 2 aromatic rings. The van der Waals surface area contributed by atoms with Gasteiger partial charge in [-0.1, -0.05) is 30.3 Å². The van der Waals surface area contributed by atoms with Crippen LogP contribution >= 0.6 is 0 Å². The van der Waals surface area contributed by atoms with Gasteiger partial charge in [0.05, 0.1) is 0 Å².